The maximum atomic E-state index is 12.6. The number of fused-ring (bicyclic) bond motifs is 1. The molecular formula is C19H19N3O2. The van der Waals surface area contributed by atoms with Crippen LogP contribution in [0.25, 0.3) is 10.8 Å². The van der Waals surface area contributed by atoms with E-state index in [0.717, 1.165) is 17.2 Å². The number of nitrogens with zero attached hydrogens (tertiary/aromatic N) is 2. The van der Waals surface area contributed by atoms with E-state index in [2.05, 4.69) is 21.5 Å². The Bertz CT molecular complexity index is 825. The molecule has 0 bridgehead atoms. The van der Waals surface area contributed by atoms with Crippen LogP contribution in [-0.2, 0) is 0 Å². The molecule has 0 saturated carbocycles. The number of carbonyl (C=O) groups is 1. The number of rotatable bonds is 7. The Morgan fingerprint density at radius 1 is 1.25 bits per heavy atom. The first-order valence-corrected chi connectivity index (χ1v) is 7.90. The molecule has 0 spiro atoms. The van der Waals surface area contributed by atoms with Crippen molar-refractivity contribution in [2.45, 2.75) is 24.9 Å². The van der Waals surface area contributed by atoms with Crippen molar-refractivity contribution in [2.75, 3.05) is 13.7 Å². The minimum Gasteiger partial charge on any atom is -0.496 e. The molecule has 2 aromatic rings. The Kier molecular flexibility index (Phi) is 4.48. The first-order chi connectivity index (χ1) is 11.7. The average molecular weight is 321 g/mol. The fourth-order valence-electron chi connectivity index (χ4n) is 2.81. The fourth-order valence-corrected chi connectivity index (χ4v) is 2.81. The minimum absolute atomic E-state index is 0.127. The van der Waals surface area contributed by atoms with Gasteiger partial charge in [0.1, 0.15) is 5.75 Å². The highest BCUT2D eigenvalue weighted by Gasteiger charge is 2.38. The van der Waals surface area contributed by atoms with Crippen molar-refractivity contribution in [3.63, 3.8) is 0 Å². The molecule has 1 amide bonds. The quantitative estimate of drug-likeness (QED) is 0.793. The summed E-state index contributed by atoms with van der Waals surface area (Å²) < 4.78 is 5.40. The van der Waals surface area contributed by atoms with Gasteiger partial charge in [0.2, 0.25) is 0 Å². The average Bonchev–Trinajstić information content (AvgIpc) is 3.38. The fraction of sp³-hybridized carbons (Fsp3) is 0.316. The second-order valence-corrected chi connectivity index (χ2v) is 5.76. The molecule has 0 unspecified atom stereocenters. The van der Waals surface area contributed by atoms with Crippen LogP contribution in [0.5, 0.6) is 5.75 Å². The number of benzene rings is 2. The summed E-state index contributed by atoms with van der Waals surface area (Å²) in [4.78, 5) is 12.6. The third-order valence-electron chi connectivity index (χ3n) is 4.19. The van der Waals surface area contributed by atoms with Gasteiger partial charge in [0, 0.05) is 31.2 Å². The number of ether oxygens (including phenoxy) is 1. The summed E-state index contributed by atoms with van der Waals surface area (Å²) in [6.07, 6.45) is 7.33. The van der Waals surface area contributed by atoms with Gasteiger partial charge < -0.3 is 10.1 Å². The number of methoxy groups -OCH3 is 1. The zero-order valence-electron chi connectivity index (χ0n) is 13.6. The smallest absolute Gasteiger partial charge is 0.252 e. The Hall–Kier alpha value is -2.87. The van der Waals surface area contributed by atoms with Gasteiger partial charge in [-0.15, -0.1) is 12.3 Å². The van der Waals surface area contributed by atoms with Gasteiger partial charge in [-0.05, 0) is 17.5 Å². The molecule has 1 aliphatic rings. The summed E-state index contributed by atoms with van der Waals surface area (Å²) in [7, 11) is 1.61. The molecule has 0 radical (unpaired) electrons. The van der Waals surface area contributed by atoms with E-state index in [1.165, 1.54) is 0 Å². The molecule has 1 aliphatic heterocycles. The van der Waals surface area contributed by atoms with E-state index in [1.807, 2.05) is 30.3 Å². The second kappa shape index (κ2) is 6.71. The molecule has 5 heteroatoms. The molecule has 1 N–H and O–H groups in total. The van der Waals surface area contributed by atoms with Crippen LogP contribution in [0.3, 0.4) is 0 Å². The molecule has 3 rings (SSSR count). The molecule has 0 aliphatic carbocycles. The molecular weight excluding hydrogens is 302 g/mol. The van der Waals surface area contributed by atoms with Crippen LogP contribution in [0.15, 0.2) is 46.6 Å². The van der Waals surface area contributed by atoms with Crippen LogP contribution in [0.2, 0.25) is 0 Å². The highest BCUT2D eigenvalue weighted by atomic mass is 16.5. The summed E-state index contributed by atoms with van der Waals surface area (Å²) >= 11 is 0. The van der Waals surface area contributed by atoms with Crippen LogP contribution in [-0.4, -0.2) is 25.2 Å². The number of hydrogen-bond donors (Lipinski definition) is 1. The SMILES string of the molecule is C#CCCC1(CCNC(=O)c2cccc3cccc(OC)c23)N=N1. The lowest BCUT2D eigenvalue weighted by atomic mass is 10.0. The van der Waals surface area contributed by atoms with E-state index in [0.29, 0.717) is 30.7 Å². The van der Waals surface area contributed by atoms with E-state index >= 15 is 0 Å². The van der Waals surface area contributed by atoms with E-state index < -0.39 is 0 Å². The van der Waals surface area contributed by atoms with Gasteiger partial charge in [0.15, 0.2) is 5.66 Å². The van der Waals surface area contributed by atoms with Gasteiger partial charge in [-0.2, -0.15) is 10.2 Å². The van der Waals surface area contributed by atoms with Crippen molar-refractivity contribution in [3.05, 3.63) is 42.0 Å². The maximum absolute atomic E-state index is 12.6. The van der Waals surface area contributed by atoms with Crippen molar-refractivity contribution in [1.29, 1.82) is 0 Å². The molecule has 24 heavy (non-hydrogen) atoms. The van der Waals surface area contributed by atoms with Gasteiger partial charge >= 0.3 is 0 Å². The second-order valence-electron chi connectivity index (χ2n) is 5.76. The zero-order chi connectivity index (χ0) is 17.0. The van der Waals surface area contributed by atoms with E-state index in [4.69, 9.17) is 11.2 Å². The Labute approximate surface area is 141 Å². The highest BCUT2D eigenvalue weighted by Crippen LogP contribution is 2.36. The van der Waals surface area contributed by atoms with Crippen molar-refractivity contribution < 1.29 is 9.53 Å². The lowest BCUT2D eigenvalue weighted by molar-refractivity contribution is 0.0953. The lowest BCUT2D eigenvalue weighted by Crippen LogP contribution is -2.28. The summed E-state index contributed by atoms with van der Waals surface area (Å²) in [6, 6.07) is 11.4. The molecule has 1 heterocycles. The Balaban J connectivity index is 1.70. The number of nitrogens with one attached hydrogen (secondary N) is 1. The van der Waals surface area contributed by atoms with Crippen LogP contribution in [0.4, 0.5) is 0 Å². The molecule has 0 aromatic heterocycles. The summed E-state index contributed by atoms with van der Waals surface area (Å²) in [5.74, 6) is 3.16. The van der Waals surface area contributed by atoms with Crippen LogP contribution in [0.1, 0.15) is 29.6 Å². The van der Waals surface area contributed by atoms with Crippen LogP contribution < -0.4 is 10.1 Å². The summed E-state index contributed by atoms with van der Waals surface area (Å²) in [5, 5.41) is 12.9. The molecule has 5 nitrogen and oxygen atoms in total. The van der Waals surface area contributed by atoms with E-state index in [-0.39, 0.29) is 11.6 Å². The topological polar surface area (TPSA) is 63.0 Å². The normalized spacial score (nSPS) is 14.2. The monoisotopic (exact) mass is 321 g/mol. The van der Waals surface area contributed by atoms with Gasteiger partial charge in [-0.1, -0.05) is 24.3 Å². The highest BCUT2D eigenvalue weighted by molar-refractivity contribution is 6.09. The van der Waals surface area contributed by atoms with Gasteiger partial charge in [-0.25, -0.2) is 0 Å². The predicted molar refractivity (Wildman–Crippen MR) is 93.1 cm³/mol. The number of amides is 1. The molecule has 122 valence electrons. The first kappa shape index (κ1) is 16.0. The lowest BCUT2D eigenvalue weighted by Gasteiger charge is -2.12. The summed E-state index contributed by atoms with van der Waals surface area (Å²) in [5.41, 5.74) is 0.225. The first-order valence-electron chi connectivity index (χ1n) is 7.90. The van der Waals surface area contributed by atoms with E-state index in [9.17, 15) is 4.79 Å². The Morgan fingerprint density at radius 2 is 2.00 bits per heavy atom. The van der Waals surface area contributed by atoms with Gasteiger partial charge in [0.25, 0.3) is 5.91 Å². The number of hydrogen-bond acceptors (Lipinski definition) is 4. The Morgan fingerprint density at radius 3 is 2.67 bits per heavy atom. The van der Waals surface area contributed by atoms with Crippen molar-refractivity contribution in [1.82, 2.24) is 5.32 Å². The van der Waals surface area contributed by atoms with E-state index in [1.54, 1.807) is 13.2 Å². The third-order valence-corrected chi connectivity index (χ3v) is 4.19. The number of terminal acetylenes is 1. The zero-order valence-corrected chi connectivity index (χ0v) is 13.6. The molecule has 0 fully saturated rings. The maximum Gasteiger partial charge on any atom is 0.252 e. The van der Waals surface area contributed by atoms with Gasteiger partial charge in [0.05, 0.1) is 12.7 Å². The van der Waals surface area contributed by atoms with Crippen molar-refractivity contribution in [2.24, 2.45) is 10.2 Å². The standard InChI is InChI=1S/C19H19N3O2/c1-3-4-11-19(21-22-19)12-13-20-18(23)15-9-5-7-14-8-6-10-16(24-2)17(14)15/h1,5-10H,4,11-13H2,2H3,(H,20,23). The van der Waals surface area contributed by atoms with Crippen molar-refractivity contribution in [3.8, 4) is 18.1 Å². The molecule has 2 aromatic carbocycles. The minimum atomic E-state index is -0.379. The third kappa shape index (κ3) is 3.23. The molecule has 0 saturated heterocycles. The van der Waals surface area contributed by atoms with Crippen LogP contribution >= 0.6 is 0 Å². The van der Waals surface area contributed by atoms with Crippen LogP contribution in [0, 0.1) is 12.3 Å². The van der Waals surface area contributed by atoms with Crippen molar-refractivity contribution >= 4 is 16.7 Å². The van der Waals surface area contributed by atoms with Gasteiger partial charge in [-0.3, -0.25) is 4.79 Å². The number of carbonyl (C=O) groups excluding carboxylic acids is 1. The largest absolute Gasteiger partial charge is 0.496 e. The predicted octanol–water partition coefficient (Wildman–Crippen LogP) is 3.54. The summed E-state index contributed by atoms with van der Waals surface area (Å²) in [6.45, 7) is 0.502. The molecule has 0 atom stereocenters.